The number of phenols is 1. The summed E-state index contributed by atoms with van der Waals surface area (Å²) in [6, 6.07) is 6.43. The van der Waals surface area contributed by atoms with Crippen molar-refractivity contribution in [3.05, 3.63) is 23.8 Å². The zero-order valence-corrected chi connectivity index (χ0v) is 14.2. The number of anilines is 2. The molecule has 1 aromatic carbocycles. The molecule has 136 valence electrons. The Bertz CT molecular complexity index is 848. The minimum absolute atomic E-state index is 0.0256. The molecular formula is C17H19N5O4. The number of nitriles is 1. The van der Waals surface area contributed by atoms with Crippen molar-refractivity contribution in [1.82, 2.24) is 9.97 Å². The van der Waals surface area contributed by atoms with E-state index in [-0.39, 0.29) is 53.3 Å². The summed E-state index contributed by atoms with van der Waals surface area (Å²) in [6.45, 7) is 2.38. The molecule has 0 unspecified atom stereocenters. The quantitative estimate of drug-likeness (QED) is 0.494. The average Bonchev–Trinajstić information content (AvgIpc) is 2.58. The van der Waals surface area contributed by atoms with Gasteiger partial charge in [-0.25, -0.2) is 4.98 Å². The van der Waals surface area contributed by atoms with Gasteiger partial charge in [-0.15, -0.1) is 0 Å². The van der Waals surface area contributed by atoms with Gasteiger partial charge in [0.2, 0.25) is 5.95 Å². The average molecular weight is 357 g/mol. The number of aromatic nitrogens is 2. The Morgan fingerprint density at radius 2 is 2.12 bits per heavy atom. The van der Waals surface area contributed by atoms with Gasteiger partial charge in [-0.2, -0.15) is 10.2 Å². The van der Waals surface area contributed by atoms with Gasteiger partial charge in [-0.1, -0.05) is 0 Å². The van der Waals surface area contributed by atoms with Crippen LogP contribution in [0.15, 0.2) is 18.2 Å². The predicted octanol–water partition coefficient (Wildman–Crippen LogP) is 1.61. The second kappa shape index (κ2) is 8.53. The van der Waals surface area contributed by atoms with E-state index in [9.17, 15) is 15.2 Å². The number of hydrogen-bond acceptors (Lipinski definition) is 9. The summed E-state index contributed by atoms with van der Waals surface area (Å²) in [6.07, 6.45) is 0.738. The van der Waals surface area contributed by atoms with E-state index in [4.69, 9.17) is 20.9 Å². The van der Waals surface area contributed by atoms with Crippen molar-refractivity contribution in [2.24, 2.45) is 0 Å². The molecule has 9 nitrogen and oxygen atoms in total. The van der Waals surface area contributed by atoms with Gasteiger partial charge in [0.1, 0.15) is 28.9 Å². The van der Waals surface area contributed by atoms with Gasteiger partial charge in [0.15, 0.2) is 0 Å². The second-order valence-corrected chi connectivity index (χ2v) is 5.24. The summed E-state index contributed by atoms with van der Waals surface area (Å²) in [5.41, 5.74) is 11.7. The van der Waals surface area contributed by atoms with Crippen LogP contribution in [0.3, 0.4) is 0 Å². The van der Waals surface area contributed by atoms with Crippen molar-refractivity contribution in [2.75, 3.05) is 24.7 Å². The topological polar surface area (TPSA) is 157 Å². The highest BCUT2D eigenvalue weighted by atomic mass is 16.5. The number of benzene rings is 1. The number of ether oxygens (including phenoxy) is 2. The van der Waals surface area contributed by atoms with Crippen LogP contribution in [0.2, 0.25) is 0 Å². The van der Waals surface area contributed by atoms with E-state index in [1.807, 2.05) is 6.07 Å². The van der Waals surface area contributed by atoms with Crippen LogP contribution in [-0.4, -0.2) is 34.3 Å². The van der Waals surface area contributed by atoms with Gasteiger partial charge in [0, 0.05) is 18.1 Å². The molecule has 26 heavy (non-hydrogen) atoms. The van der Waals surface area contributed by atoms with Gasteiger partial charge in [0.25, 0.3) is 0 Å². The summed E-state index contributed by atoms with van der Waals surface area (Å²) in [7, 11) is 0. The number of esters is 1. The molecule has 0 aliphatic rings. The van der Waals surface area contributed by atoms with Crippen molar-refractivity contribution in [1.29, 1.82) is 5.26 Å². The molecule has 0 fully saturated rings. The van der Waals surface area contributed by atoms with E-state index in [0.717, 1.165) is 0 Å². The highest BCUT2D eigenvalue weighted by Crippen LogP contribution is 2.34. The van der Waals surface area contributed by atoms with Crippen molar-refractivity contribution >= 4 is 17.7 Å². The van der Waals surface area contributed by atoms with Gasteiger partial charge < -0.3 is 26.0 Å². The standard InChI is InChI=1S/C17H19N5O4/c1-2-25-14(24)4-3-7-26-10-5-6-11(13(23)8-10)15-12(9-18)16(19)22-17(20)21-15/h5-6,8,23H,2-4,7H2,1H3,(H4,19,20,21,22). The van der Waals surface area contributed by atoms with E-state index in [1.165, 1.54) is 12.1 Å². The highest BCUT2D eigenvalue weighted by molar-refractivity contribution is 5.77. The summed E-state index contributed by atoms with van der Waals surface area (Å²) in [5, 5.41) is 19.5. The molecule has 1 heterocycles. The molecule has 0 bridgehead atoms. The highest BCUT2D eigenvalue weighted by Gasteiger charge is 2.16. The predicted molar refractivity (Wildman–Crippen MR) is 94.0 cm³/mol. The first-order chi connectivity index (χ1) is 12.5. The molecule has 2 aromatic rings. The maximum Gasteiger partial charge on any atom is 0.305 e. The molecule has 0 saturated heterocycles. The molecule has 1 aromatic heterocycles. The molecule has 0 aliphatic heterocycles. The molecular weight excluding hydrogens is 338 g/mol. The Hall–Kier alpha value is -3.54. The Kier molecular flexibility index (Phi) is 6.16. The minimum Gasteiger partial charge on any atom is -0.507 e. The molecule has 0 amide bonds. The molecule has 0 aliphatic carbocycles. The van der Waals surface area contributed by atoms with Crippen LogP contribution >= 0.6 is 0 Å². The number of carbonyl (C=O) groups is 1. The number of hydrogen-bond donors (Lipinski definition) is 3. The lowest BCUT2D eigenvalue weighted by atomic mass is 10.1. The summed E-state index contributed by atoms with van der Waals surface area (Å²) in [5.74, 6) is -0.188. The third-order valence-corrected chi connectivity index (χ3v) is 3.39. The Morgan fingerprint density at radius 3 is 2.77 bits per heavy atom. The molecule has 0 spiro atoms. The first kappa shape index (κ1) is 18.8. The fourth-order valence-corrected chi connectivity index (χ4v) is 2.24. The number of nitrogens with zero attached hydrogens (tertiary/aromatic N) is 3. The minimum atomic E-state index is -0.280. The van der Waals surface area contributed by atoms with E-state index in [0.29, 0.717) is 18.8 Å². The van der Waals surface area contributed by atoms with Crippen molar-refractivity contribution in [2.45, 2.75) is 19.8 Å². The van der Waals surface area contributed by atoms with E-state index < -0.39 is 0 Å². The maximum absolute atomic E-state index is 11.2. The van der Waals surface area contributed by atoms with Gasteiger partial charge >= 0.3 is 5.97 Å². The summed E-state index contributed by atoms with van der Waals surface area (Å²) >= 11 is 0. The monoisotopic (exact) mass is 357 g/mol. The van der Waals surface area contributed by atoms with Crippen LogP contribution in [0.4, 0.5) is 11.8 Å². The van der Waals surface area contributed by atoms with E-state index in [1.54, 1.807) is 13.0 Å². The van der Waals surface area contributed by atoms with Crippen LogP contribution in [0.1, 0.15) is 25.3 Å². The third kappa shape index (κ3) is 4.51. The number of aromatic hydroxyl groups is 1. The molecule has 0 radical (unpaired) electrons. The molecule has 2 rings (SSSR count). The SMILES string of the molecule is CCOC(=O)CCCOc1ccc(-c2nc(N)nc(N)c2C#N)c(O)c1. The molecule has 9 heteroatoms. The molecule has 0 atom stereocenters. The van der Waals surface area contributed by atoms with Crippen LogP contribution in [-0.2, 0) is 9.53 Å². The van der Waals surface area contributed by atoms with Crippen LogP contribution < -0.4 is 16.2 Å². The van der Waals surface area contributed by atoms with Gasteiger partial charge in [-0.3, -0.25) is 4.79 Å². The zero-order valence-electron chi connectivity index (χ0n) is 14.2. The lowest BCUT2D eigenvalue weighted by Gasteiger charge is -2.11. The first-order valence-corrected chi connectivity index (χ1v) is 7.91. The lowest BCUT2D eigenvalue weighted by Crippen LogP contribution is -2.07. The summed E-state index contributed by atoms with van der Waals surface area (Å²) < 4.78 is 10.3. The number of carbonyl (C=O) groups excluding carboxylic acids is 1. The van der Waals surface area contributed by atoms with Crippen LogP contribution in [0, 0.1) is 11.3 Å². The van der Waals surface area contributed by atoms with Crippen LogP contribution in [0.5, 0.6) is 11.5 Å². The van der Waals surface area contributed by atoms with Crippen molar-refractivity contribution < 1.29 is 19.4 Å². The largest absolute Gasteiger partial charge is 0.507 e. The first-order valence-electron chi connectivity index (χ1n) is 7.91. The maximum atomic E-state index is 11.2. The van der Waals surface area contributed by atoms with Crippen molar-refractivity contribution in [3.63, 3.8) is 0 Å². The zero-order chi connectivity index (χ0) is 19.1. The third-order valence-electron chi connectivity index (χ3n) is 3.39. The Labute approximate surface area is 150 Å². The Balaban J connectivity index is 2.11. The molecule has 5 N–H and O–H groups in total. The lowest BCUT2D eigenvalue weighted by molar-refractivity contribution is -0.143. The number of nitrogens with two attached hydrogens (primary N) is 2. The second-order valence-electron chi connectivity index (χ2n) is 5.24. The van der Waals surface area contributed by atoms with Crippen LogP contribution in [0.25, 0.3) is 11.3 Å². The fourth-order valence-electron chi connectivity index (χ4n) is 2.24. The van der Waals surface area contributed by atoms with E-state index >= 15 is 0 Å². The van der Waals surface area contributed by atoms with Crippen molar-refractivity contribution in [3.8, 4) is 28.8 Å². The van der Waals surface area contributed by atoms with Gasteiger partial charge in [0.05, 0.1) is 18.9 Å². The van der Waals surface area contributed by atoms with Gasteiger partial charge in [-0.05, 0) is 25.5 Å². The normalized spacial score (nSPS) is 10.2. The fraction of sp³-hybridized carbons (Fsp3) is 0.294. The Morgan fingerprint density at radius 1 is 1.35 bits per heavy atom. The summed E-state index contributed by atoms with van der Waals surface area (Å²) in [4.78, 5) is 19.0. The number of nitrogen functional groups attached to an aromatic ring is 2. The number of rotatable bonds is 7. The van der Waals surface area contributed by atoms with E-state index in [2.05, 4.69) is 9.97 Å². The number of phenolic OH excluding ortho intramolecular Hbond substituents is 1. The molecule has 0 saturated carbocycles. The smallest absolute Gasteiger partial charge is 0.305 e.